The van der Waals surface area contributed by atoms with Gasteiger partial charge >= 0.3 is 0 Å². The normalized spacial score (nSPS) is 11.5. The zero-order valence-electron chi connectivity index (χ0n) is 29.2. The van der Waals surface area contributed by atoms with E-state index in [0.717, 1.165) is 22.5 Å². The minimum atomic E-state index is 0.620. The van der Waals surface area contributed by atoms with Gasteiger partial charge in [-0.05, 0) is 120 Å². The number of aryl methyl sites for hydroxylation is 1. The summed E-state index contributed by atoms with van der Waals surface area (Å²) in [5.74, 6) is 0.620. The van der Waals surface area contributed by atoms with Crippen molar-refractivity contribution in [1.29, 1.82) is 0 Å². The first kappa shape index (κ1) is 30.8. The molecule has 0 spiro atoms. The van der Waals surface area contributed by atoms with E-state index in [-0.39, 0.29) is 0 Å². The zero-order valence-corrected chi connectivity index (χ0v) is 29.2. The summed E-state index contributed by atoms with van der Waals surface area (Å²) in [5.41, 5.74) is 11.2. The Kier molecular flexibility index (Phi) is 7.36. The van der Waals surface area contributed by atoms with E-state index in [1.807, 2.05) is 24.3 Å². The van der Waals surface area contributed by atoms with E-state index in [1.54, 1.807) is 12.4 Å². The fourth-order valence-corrected chi connectivity index (χ4v) is 7.82. The molecule has 0 radical (unpaired) electrons. The molecule has 3 heteroatoms. The second kappa shape index (κ2) is 12.7. The van der Waals surface area contributed by atoms with Crippen LogP contribution >= 0.6 is 0 Å². The van der Waals surface area contributed by atoms with Gasteiger partial charge in [-0.15, -0.1) is 0 Å². The van der Waals surface area contributed by atoms with Crippen molar-refractivity contribution < 1.29 is 0 Å². The molecule has 0 bridgehead atoms. The maximum absolute atomic E-state index is 4.89. The average molecular weight is 676 g/mol. The Morgan fingerprint density at radius 3 is 1.53 bits per heavy atom. The summed E-state index contributed by atoms with van der Waals surface area (Å²) >= 11 is 0. The van der Waals surface area contributed by atoms with Gasteiger partial charge in [-0.1, -0.05) is 139 Å². The summed E-state index contributed by atoms with van der Waals surface area (Å²) in [6.45, 7) is 2.19. The standard InChI is InChI=1S/C50H33N3/c1-32-14-24-42-44(28-32)48(40-21-17-33-8-2-4-10-37(33)29-40)43-25-23-39(31-45(43)49(42)41-22-18-34-9-3-5-11-38(34)30-41)35-15-19-36(20-16-35)46-12-6-13-47(53-46)50-51-26-7-27-52-50/h2-31H,1H3. The van der Waals surface area contributed by atoms with Crippen LogP contribution in [0.2, 0.25) is 0 Å². The highest BCUT2D eigenvalue weighted by molar-refractivity contribution is 6.22. The second-order valence-corrected chi connectivity index (χ2v) is 13.7. The zero-order chi connectivity index (χ0) is 35.3. The molecule has 0 N–H and O–H groups in total. The molecule has 0 fully saturated rings. The van der Waals surface area contributed by atoms with E-state index in [1.165, 1.54) is 76.5 Å². The van der Waals surface area contributed by atoms with E-state index < -0.39 is 0 Å². The molecule has 0 unspecified atom stereocenters. The second-order valence-electron chi connectivity index (χ2n) is 13.7. The lowest BCUT2D eigenvalue weighted by molar-refractivity contribution is 1.14. The quantitative estimate of drug-likeness (QED) is 0.170. The summed E-state index contributed by atoms with van der Waals surface area (Å²) in [4.78, 5) is 13.7. The number of hydrogen-bond donors (Lipinski definition) is 0. The molecule has 0 amide bonds. The molecule has 0 aliphatic rings. The lowest BCUT2D eigenvalue weighted by Crippen LogP contribution is -1.93. The summed E-state index contributed by atoms with van der Waals surface area (Å²) in [5, 5.41) is 9.96. The molecular formula is C50H33N3. The molecule has 2 heterocycles. The molecular weight excluding hydrogens is 643 g/mol. The van der Waals surface area contributed by atoms with Gasteiger partial charge in [0.1, 0.15) is 5.69 Å². The van der Waals surface area contributed by atoms with Crippen molar-refractivity contribution in [2.24, 2.45) is 0 Å². The van der Waals surface area contributed by atoms with Crippen LogP contribution in [0.4, 0.5) is 0 Å². The Morgan fingerprint density at radius 1 is 0.340 bits per heavy atom. The highest BCUT2D eigenvalue weighted by Gasteiger charge is 2.19. The van der Waals surface area contributed by atoms with Crippen molar-refractivity contribution in [2.75, 3.05) is 0 Å². The topological polar surface area (TPSA) is 38.7 Å². The Balaban J connectivity index is 1.18. The van der Waals surface area contributed by atoms with Crippen LogP contribution in [-0.4, -0.2) is 15.0 Å². The van der Waals surface area contributed by atoms with Gasteiger partial charge in [-0.3, -0.25) is 0 Å². The van der Waals surface area contributed by atoms with E-state index >= 15 is 0 Å². The number of pyridine rings is 1. The van der Waals surface area contributed by atoms with Crippen LogP contribution in [0.1, 0.15) is 5.56 Å². The van der Waals surface area contributed by atoms with Crippen LogP contribution in [0.5, 0.6) is 0 Å². The third kappa shape index (κ3) is 5.51. The number of nitrogens with zero attached hydrogens (tertiary/aromatic N) is 3. The van der Waals surface area contributed by atoms with Crippen molar-refractivity contribution in [1.82, 2.24) is 15.0 Å². The van der Waals surface area contributed by atoms with E-state index in [4.69, 9.17) is 4.98 Å². The summed E-state index contributed by atoms with van der Waals surface area (Å²) in [6, 6.07) is 61.5. The van der Waals surface area contributed by atoms with Crippen LogP contribution in [0.25, 0.3) is 99.2 Å². The van der Waals surface area contributed by atoms with Gasteiger partial charge in [0.05, 0.1) is 5.69 Å². The molecule has 3 nitrogen and oxygen atoms in total. The van der Waals surface area contributed by atoms with Crippen molar-refractivity contribution in [3.05, 3.63) is 188 Å². The van der Waals surface area contributed by atoms with Gasteiger partial charge in [-0.2, -0.15) is 0 Å². The molecule has 10 rings (SSSR count). The number of aromatic nitrogens is 3. The van der Waals surface area contributed by atoms with E-state index in [0.29, 0.717) is 5.82 Å². The Morgan fingerprint density at radius 2 is 0.868 bits per heavy atom. The average Bonchev–Trinajstić information content (AvgIpc) is 3.22. The molecule has 0 saturated heterocycles. The lowest BCUT2D eigenvalue weighted by Gasteiger charge is -2.20. The third-order valence-corrected chi connectivity index (χ3v) is 10.4. The highest BCUT2D eigenvalue weighted by atomic mass is 14.9. The number of rotatable bonds is 5. The Hall–Kier alpha value is -6.97. The SMILES string of the molecule is Cc1ccc2c(-c3ccc4ccccc4c3)c3cc(-c4ccc(-c5cccc(-c6ncccn6)n5)cc4)ccc3c(-c3ccc4ccccc4c3)c2c1. The molecule has 53 heavy (non-hydrogen) atoms. The summed E-state index contributed by atoms with van der Waals surface area (Å²) in [7, 11) is 0. The number of benzene rings is 8. The van der Waals surface area contributed by atoms with Crippen LogP contribution in [0, 0.1) is 6.92 Å². The minimum Gasteiger partial charge on any atom is -0.244 e. The molecule has 0 aliphatic heterocycles. The number of fused-ring (bicyclic) bond motifs is 4. The van der Waals surface area contributed by atoms with Crippen molar-refractivity contribution in [2.45, 2.75) is 6.92 Å². The highest BCUT2D eigenvalue weighted by Crippen LogP contribution is 2.46. The van der Waals surface area contributed by atoms with Gasteiger partial charge in [0.2, 0.25) is 0 Å². The molecule has 0 aliphatic carbocycles. The maximum atomic E-state index is 4.89. The molecule has 8 aromatic carbocycles. The fraction of sp³-hybridized carbons (Fsp3) is 0.0200. The first-order chi connectivity index (χ1) is 26.2. The smallest absolute Gasteiger partial charge is 0.178 e. The Bertz CT molecular complexity index is 3000. The predicted octanol–water partition coefficient (Wildman–Crippen LogP) is 13.1. The first-order valence-corrected chi connectivity index (χ1v) is 18.0. The third-order valence-electron chi connectivity index (χ3n) is 10.4. The molecule has 2 aromatic heterocycles. The van der Waals surface area contributed by atoms with Gasteiger partial charge < -0.3 is 0 Å². The monoisotopic (exact) mass is 675 g/mol. The van der Waals surface area contributed by atoms with Crippen LogP contribution < -0.4 is 0 Å². The summed E-state index contributed by atoms with van der Waals surface area (Å²) in [6.07, 6.45) is 3.49. The van der Waals surface area contributed by atoms with E-state index in [9.17, 15) is 0 Å². The largest absolute Gasteiger partial charge is 0.244 e. The number of hydrogen-bond acceptors (Lipinski definition) is 3. The van der Waals surface area contributed by atoms with Crippen LogP contribution in [-0.2, 0) is 0 Å². The van der Waals surface area contributed by atoms with Crippen molar-refractivity contribution in [3.8, 4) is 56.2 Å². The lowest BCUT2D eigenvalue weighted by atomic mass is 9.83. The molecule has 248 valence electrons. The predicted molar refractivity (Wildman–Crippen MR) is 222 cm³/mol. The summed E-state index contributed by atoms with van der Waals surface area (Å²) < 4.78 is 0. The Labute approximate surface area is 307 Å². The van der Waals surface area contributed by atoms with E-state index in [2.05, 4.69) is 162 Å². The van der Waals surface area contributed by atoms with Crippen LogP contribution in [0.15, 0.2) is 182 Å². The van der Waals surface area contributed by atoms with Crippen LogP contribution in [0.3, 0.4) is 0 Å². The minimum absolute atomic E-state index is 0.620. The van der Waals surface area contributed by atoms with Crippen molar-refractivity contribution in [3.63, 3.8) is 0 Å². The molecule has 0 atom stereocenters. The van der Waals surface area contributed by atoms with Gasteiger partial charge in [0.15, 0.2) is 5.82 Å². The molecule has 0 saturated carbocycles. The van der Waals surface area contributed by atoms with Gasteiger partial charge in [-0.25, -0.2) is 15.0 Å². The maximum Gasteiger partial charge on any atom is 0.178 e. The fourth-order valence-electron chi connectivity index (χ4n) is 7.82. The van der Waals surface area contributed by atoms with Gasteiger partial charge in [0.25, 0.3) is 0 Å². The van der Waals surface area contributed by atoms with Gasteiger partial charge in [0, 0.05) is 18.0 Å². The molecule has 10 aromatic rings. The first-order valence-electron chi connectivity index (χ1n) is 18.0. The van der Waals surface area contributed by atoms with Crippen molar-refractivity contribution >= 4 is 43.1 Å².